The van der Waals surface area contributed by atoms with Gasteiger partial charge in [-0.15, -0.1) is 11.3 Å². The van der Waals surface area contributed by atoms with Crippen LogP contribution in [-0.4, -0.2) is 20.7 Å². The largest absolute Gasteiger partial charge is 0.345 e. The van der Waals surface area contributed by atoms with E-state index < -0.39 is 0 Å². The summed E-state index contributed by atoms with van der Waals surface area (Å²) in [6, 6.07) is 10.0. The van der Waals surface area contributed by atoms with Gasteiger partial charge in [-0.3, -0.25) is 4.79 Å². The van der Waals surface area contributed by atoms with Crippen LogP contribution in [0.2, 0.25) is 0 Å². The highest BCUT2D eigenvalue weighted by Gasteiger charge is 2.26. The van der Waals surface area contributed by atoms with Crippen LogP contribution in [0, 0.1) is 0 Å². The summed E-state index contributed by atoms with van der Waals surface area (Å²) in [5.74, 6) is 0.297. The Morgan fingerprint density at radius 1 is 1.27 bits per heavy atom. The van der Waals surface area contributed by atoms with E-state index in [2.05, 4.69) is 29.2 Å². The number of hydrogen-bond donors (Lipinski definition) is 1. The second-order valence-electron chi connectivity index (χ2n) is 6.89. The Hall–Kier alpha value is -2.47. The summed E-state index contributed by atoms with van der Waals surface area (Å²) in [4.78, 5) is 17.3. The molecule has 0 saturated heterocycles. The minimum atomic E-state index is -0.114. The van der Waals surface area contributed by atoms with E-state index in [0.717, 1.165) is 46.9 Å². The van der Waals surface area contributed by atoms with Crippen molar-refractivity contribution >= 4 is 17.2 Å². The van der Waals surface area contributed by atoms with Crippen LogP contribution in [-0.2, 0) is 19.4 Å². The van der Waals surface area contributed by atoms with Crippen LogP contribution in [0.15, 0.2) is 35.7 Å². The summed E-state index contributed by atoms with van der Waals surface area (Å²) in [7, 11) is 0. The summed E-state index contributed by atoms with van der Waals surface area (Å²) in [6.07, 6.45) is 2.96. The predicted octanol–water partition coefficient (Wildman–Crippen LogP) is 3.87. The predicted molar refractivity (Wildman–Crippen MR) is 103 cm³/mol. The highest BCUT2D eigenvalue weighted by Crippen LogP contribution is 2.28. The zero-order valence-electron chi connectivity index (χ0n) is 15.0. The molecule has 2 heterocycles. The fourth-order valence-electron chi connectivity index (χ4n) is 3.33. The first-order valence-electron chi connectivity index (χ1n) is 9.02. The zero-order chi connectivity index (χ0) is 18.1. The van der Waals surface area contributed by atoms with Gasteiger partial charge in [0, 0.05) is 22.6 Å². The number of hydrogen-bond acceptors (Lipinski definition) is 4. The number of benzene rings is 1. The monoisotopic (exact) mass is 366 g/mol. The van der Waals surface area contributed by atoms with E-state index >= 15 is 0 Å². The van der Waals surface area contributed by atoms with Gasteiger partial charge in [0.05, 0.1) is 22.9 Å². The molecule has 0 atom stereocenters. The Morgan fingerprint density at radius 2 is 2.08 bits per heavy atom. The standard InChI is InChI=1S/C20H22N4OS/c1-13(2)20-22-14(12-26-20)11-21-19(25)18-16-9-6-10-17(16)24(23-18)15-7-4-3-5-8-15/h3-5,7-8,12-13H,6,9-11H2,1-2H3,(H,21,25). The summed E-state index contributed by atoms with van der Waals surface area (Å²) in [5.41, 5.74) is 4.72. The van der Waals surface area contributed by atoms with Crippen LogP contribution in [0.5, 0.6) is 0 Å². The van der Waals surface area contributed by atoms with E-state index in [4.69, 9.17) is 0 Å². The van der Waals surface area contributed by atoms with E-state index in [1.165, 1.54) is 0 Å². The number of rotatable bonds is 5. The van der Waals surface area contributed by atoms with Crippen molar-refractivity contribution in [2.75, 3.05) is 0 Å². The molecule has 26 heavy (non-hydrogen) atoms. The lowest BCUT2D eigenvalue weighted by Crippen LogP contribution is -2.24. The van der Waals surface area contributed by atoms with E-state index in [-0.39, 0.29) is 5.91 Å². The maximum atomic E-state index is 12.8. The second kappa shape index (κ2) is 7.03. The Bertz CT molecular complexity index is 927. The molecule has 0 spiro atoms. The van der Waals surface area contributed by atoms with Crippen LogP contribution in [0.1, 0.15) is 58.6 Å². The van der Waals surface area contributed by atoms with Gasteiger partial charge >= 0.3 is 0 Å². The third-order valence-corrected chi connectivity index (χ3v) is 5.83. The number of carbonyl (C=O) groups excluding carboxylic acids is 1. The third kappa shape index (κ3) is 3.17. The molecular weight excluding hydrogens is 344 g/mol. The van der Waals surface area contributed by atoms with Gasteiger partial charge in [-0.1, -0.05) is 32.0 Å². The van der Waals surface area contributed by atoms with Crippen molar-refractivity contribution in [3.63, 3.8) is 0 Å². The molecule has 3 aromatic rings. The normalized spacial score (nSPS) is 13.2. The van der Waals surface area contributed by atoms with Gasteiger partial charge in [0.1, 0.15) is 0 Å². The highest BCUT2D eigenvalue weighted by molar-refractivity contribution is 7.09. The van der Waals surface area contributed by atoms with Crippen LogP contribution < -0.4 is 5.32 Å². The molecular formula is C20H22N4OS. The fraction of sp³-hybridized carbons (Fsp3) is 0.350. The first kappa shape index (κ1) is 17.0. The topological polar surface area (TPSA) is 59.8 Å². The van der Waals surface area contributed by atoms with E-state index in [0.29, 0.717) is 18.2 Å². The summed E-state index contributed by atoms with van der Waals surface area (Å²) < 4.78 is 1.93. The summed E-state index contributed by atoms with van der Waals surface area (Å²) in [6.45, 7) is 4.69. The number of aromatic nitrogens is 3. The minimum Gasteiger partial charge on any atom is -0.345 e. The highest BCUT2D eigenvalue weighted by atomic mass is 32.1. The molecule has 1 N–H and O–H groups in total. The molecule has 0 fully saturated rings. The molecule has 1 aliphatic rings. The molecule has 2 aromatic heterocycles. The van der Waals surface area contributed by atoms with E-state index in [1.807, 2.05) is 40.4 Å². The molecule has 6 heteroatoms. The summed E-state index contributed by atoms with van der Waals surface area (Å²) in [5, 5.41) is 10.7. The number of carbonyl (C=O) groups is 1. The lowest BCUT2D eigenvalue weighted by atomic mass is 10.2. The van der Waals surface area contributed by atoms with Crippen molar-refractivity contribution in [3.8, 4) is 5.69 Å². The maximum Gasteiger partial charge on any atom is 0.272 e. The molecule has 0 radical (unpaired) electrons. The van der Waals surface area contributed by atoms with Gasteiger partial charge in [0.25, 0.3) is 5.91 Å². The van der Waals surface area contributed by atoms with Gasteiger partial charge in [0.2, 0.25) is 0 Å². The Labute approximate surface area is 157 Å². The Balaban J connectivity index is 1.55. The Kier molecular flexibility index (Phi) is 4.59. The van der Waals surface area contributed by atoms with Crippen molar-refractivity contribution < 1.29 is 4.79 Å². The number of nitrogens with zero attached hydrogens (tertiary/aromatic N) is 3. The molecule has 134 valence electrons. The third-order valence-electron chi connectivity index (χ3n) is 4.64. The van der Waals surface area contributed by atoms with Crippen LogP contribution >= 0.6 is 11.3 Å². The lowest BCUT2D eigenvalue weighted by Gasteiger charge is -2.05. The van der Waals surface area contributed by atoms with E-state index in [9.17, 15) is 4.79 Å². The number of para-hydroxylation sites is 1. The van der Waals surface area contributed by atoms with Gasteiger partial charge in [-0.05, 0) is 31.4 Å². The van der Waals surface area contributed by atoms with Gasteiger partial charge in [0.15, 0.2) is 5.69 Å². The Morgan fingerprint density at radius 3 is 2.81 bits per heavy atom. The zero-order valence-corrected chi connectivity index (χ0v) is 15.8. The quantitative estimate of drug-likeness (QED) is 0.746. The number of fused-ring (bicyclic) bond motifs is 1. The maximum absolute atomic E-state index is 12.8. The van der Waals surface area contributed by atoms with Crippen molar-refractivity contribution in [2.24, 2.45) is 0 Å². The van der Waals surface area contributed by atoms with Gasteiger partial charge < -0.3 is 5.32 Å². The lowest BCUT2D eigenvalue weighted by molar-refractivity contribution is 0.0944. The molecule has 5 nitrogen and oxygen atoms in total. The molecule has 0 bridgehead atoms. The SMILES string of the molecule is CC(C)c1nc(CNC(=O)c2nn(-c3ccccc3)c3c2CCC3)cs1. The van der Waals surface area contributed by atoms with Crippen LogP contribution in [0.25, 0.3) is 5.69 Å². The second-order valence-corrected chi connectivity index (χ2v) is 7.78. The van der Waals surface area contributed by atoms with Crippen molar-refractivity contribution in [1.29, 1.82) is 0 Å². The minimum absolute atomic E-state index is 0.114. The molecule has 0 aliphatic heterocycles. The van der Waals surface area contributed by atoms with Crippen molar-refractivity contribution in [1.82, 2.24) is 20.1 Å². The molecule has 4 rings (SSSR count). The summed E-state index contributed by atoms with van der Waals surface area (Å²) >= 11 is 1.64. The van der Waals surface area contributed by atoms with Gasteiger partial charge in [-0.25, -0.2) is 9.67 Å². The molecule has 0 unspecified atom stereocenters. The van der Waals surface area contributed by atoms with Crippen LogP contribution in [0.3, 0.4) is 0 Å². The molecule has 1 amide bonds. The van der Waals surface area contributed by atoms with E-state index in [1.54, 1.807) is 11.3 Å². The van der Waals surface area contributed by atoms with Crippen molar-refractivity contribution in [2.45, 2.75) is 45.6 Å². The smallest absolute Gasteiger partial charge is 0.272 e. The van der Waals surface area contributed by atoms with Crippen molar-refractivity contribution in [3.05, 3.63) is 63.4 Å². The first-order chi connectivity index (χ1) is 12.6. The average molecular weight is 366 g/mol. The molecule has 1 aliphatic carbocycles. The number of amides is 1. The van der Waals surface area contributed by atoms with Crippen LogP contribution in [0.4, 0.5) is 0 Å². The molecule has 1 aromatic carbocycles. The number of thiazole rings is 1. The van der Waals surface area contributed by atoms with Gasteiger partial charge in [-0.2, -0.15) is 5.10 Å². The molecule has 0 saturated carbocycles. The average Bonchev–Trinajstić information content (AvgIpc) is 3.36. The first-order valence-corrected chi connectivity index (χ1v) is 9.90. The number of nitrogens with one attached hydrogen (secondary N) is 1. The fourth-order valence-corrected chi connectivity index (χ4v) is 4.16.